The first kappa shape index (κ1) is 14.6. The Kier molecular flexibility index (Phi) is 3.20. The quantitative estimate of drug-likeness (QED) is 0.712. The molecule has 1 aliphatic carbocycles. The van der Waals surface area contributed by atoms with Crippen LogP contribution < -0.4 is 0 Å². The van der Waals surface area contributed by atoms with Gasteiger partial charge in [0.15, 0.2) is 5.58 Å². The van der Waals surface area contributed by atoms with Gasteiger partial charge in [0.2, 0.25) is 0 Å². The van der Waals surface area contributed by atoms with E-state index in [2.05, 4.69) is 58.8 Å². The van der Waals surface area contributed by atoms with Crippen LogP contribution in [0.5, 0.6) is 0 Å². The topological polar surface area (TPSA) is 26.0 Å². The Labute approximate surface area is 127 Å². The first-order valence-electron chi connectivity index (χ1n) is 8.06. The zero-order valence-corrected chi connectivity index (χ0v) is 14.2. The smallest absolute Gasteiger partial charge is 0.170 e. The van der Waals surface area contributed by atoms with Gasteiger partial charge >= 0.3 is 0 Å². The van der Waals surface area contributed by atoms with Crippen molar-refractivity contribution in [2.45, 2.75) is 66.2 Å². The Hall–Kier alpha value is -1.31. The van der Waals surface area contributed by atoms with Crippen LogP contribution in [0.2, 0.25) is 0 Å². The molecule has 0 bridgehead atoms. The van der Waals surface area contributed by atoms with Crippen molar-refractivity contribution in [1.29, 1.82) is 0 Å². The third-order valence-electron chi connectivity index (χ3n) is 4.45. The number of nitrogens with zero attached hydrogens (tertiary/aromatic N) is 1. The summed E-state index contributed by atoms with van der Waals surface area (Å²) in [6, 6.07) is 4.51. The Morgan fingerprint density at radius 1 is 1.10 bits per heavy atom. The molecule has 1 aromatic heterocycles. The predicted octanol–water partition coefficient (Wildman–Crippen LogP) is 5.28. The van der Waals surface area contributed by atoms with Crippen LogP contribution in [0.4, 0.5) is 0 Å². The van der Waals surface area contributed by atoms with E-state index in [-0.39, 0.29) is 5.41 Å². The molecule has 0 unspecified atom stereocenters. The zero-order valence-electron chi connectivity index (χ0n) is 14.2. The fourth-order valence-corrected chi connectivity index (χ4v) is 3.74. The first-order valence-corrected chi connectivity index (χ1v) is 8.06. The number of rotatable bonds is 1. The second-order valence-electron chi connectivity index (χ2n) is 8.90. The average molecular weight is 285 g/mol. The van der Waals surface area contributed by atoms with Crippen molar-refractivity contribution >= 4 is 11.0 Å². The van der Waals surface area contributed by atoms with Gasteiger partial charge in [0, 0.05) is 16.4 Å². The highest BCUT2D eigenvalue weighted by Crippen LogP contribution is 2.40. The van der Waals surface area contributed by atoms with Gasteiger partial charge in [0.1, 0.15) is 0 Å². The van der Waals surface area contributed by atoms with E-state index in [4.69, 9.17) is 4.52 Å². The molecule has 3 rings (SSSR count). The summed E-state index contributed by atoms with van der Waals surface area (Å²) in [5.74, 6) is 0.744. The minimum absolute atomic E-state index is 0.0307. The van der Waals surface area contributed by atoms with E-state index in [1.807, 2.05) is 0 Å². The summed E-state index contributed by atoms with van der Waals surface area (Å²) in [7, 11) is 0. The van der Waals surface area contributed by atoms with Gasteiger partial charge in [-0.2, -0.15) is 0 Å². The van der Waals surface area contributed by atoms with E-state index in [1.54, 1.807) is 0 Å². The largest absolute Gasteiger partial charge is 0.356 e. The highest BCUT2D eigenvalue weighted by Gasteiger charge is 2.30. The molecule has 0 spiro atoms. The van der Waals surface area contributed by atoms with Crippen molar-refractivity contribution in [3.63, 3.8) is 0 Å². The van der Waals surface area contributed by atoms with Gasteiger partial charge in [-0.1, -0.05) is 52.8 Å². The molecule has 1 aromatic carbocycles. The van der Waals surface area contributed by atoms with Crippen LogP contribution >= 0.6 is 0 Å². The second-order valence-corrected chi connectivity index (χ2v) is 8.90. The third kappa shape index (κ3) is 2.73. The maximum atomic E-state index is 5.75. The van der Waals surface area contributed by atoms with Gasteiger partial charge in [0.25, 0.3) is 0 Å². The van der Waals surface area contributed by atoms with E-state index in [1.165, 1.54) is 29.4 Å². The summed E-state index contributed by atoms with van der Waals surface area (Å²) >= 11 is 0. The molecule has 0 radical (unpaired) electrons. The molecule has 0 saturated carbocycles. The lowest BCUT2D eigenvalue weighted by Gasteiger charge is -2.22. The SMILES string of the molecule is CC(C)(C)C[C@@H]1Cc2ccc3c(C(C)(C)C)noc3c2C1. The van der Waals surface area contributed by atoms with E-state index < -0.39 is 0 Å². The van der Waals surface area contributed by atoms with Gasteiger partial charge in [-0.15, -0.1) is 0 Å². The number of aromatic nitrogens is 1. The number of hydrogen-bond acceptors (Lipinski definition) is 2. The van der Waals surface area contributed by atoms with Crippen molar-refractivity contribution in [3.05, 3.63) is 29.0 Å². The molecule has 1 heterocycles. The fourth-order valence-electron chi connectivity index (χ4n) is 3.74. The third-order valence-corrected chi connectivity index (χ3v) is 4.45. The molecule has 1 aliphatic rings. The molecule has 114 valence electrons. The maximum absolute atomic E-state index is 5.75. The molecule has 0 amide bonds. The number of hydrogen-bond donors (Lipinski definition) is 0. The number of fused-ring (bicyclic) bond motifs is 3. The van der Waals surface area contributed by atoms with Crippen LogP contribution in [-0.2, 0) is 18.3 Å². The van der Waals surface area contributed by atoms with Crippen molar-refractivity contribution < 1.29 is 4.52 Å². The fraction of sp³-hybridized carbons (Fsp3) is 0.632. The molecule has 0 N–H and O–H groups in total. The van der Waals surface area contributed by atoms with Gasteiger partial charge in [0.05, 0.1) is 5.69 Å². The van der Waals surface area contributed by atoms with Crippen molar-refractivity contribution in [2.24, 2.45) is 11.3 Å². The van der Waals surface area contributed by atoms with Crippen molar-refractivity contribution in [1.82, 2.24) is 5.16 Å². The Morgan fingerprint density at radius 3 is 2.43 bits per heavy atom. The molecule has 2 nitrogen and oxygen atoms in total. The molecule has 21 heavy (non-hydrogen) atoms. The van der Waals surface area contributed by atoms with E-state index in [9.17, 15) is 0 Å². The molecule has 2 aromatic rings. The highest BCUT2D eigenvalue weighted by molar-refractivity contribution is 5.85. The van der Waals surface area contributed by atoms with E-state index >= 15 is 0 Å². The van der Waals surface area contributed by atoms with Crippen molar-refractivity contribution in [2.75, 3.05) is 0 Å². The Bertz CT molecular complexity index is 667. The molecular formula is C19H27NO. The number of benzene rings is 1. The van der Waals surface area contributed by atoms with Crippen LogP contribution in [0.1, 0.15) is 64.8 Å². The minimum Gasteiger partial charge on any atom is -0.356 e. The summed E-state index contributed by atoms with van der Waals surface area (Å²) in [5, 5.41) is 5.57. The lowest BCUT2D eigenvalue weighted by Crippen LogP contribution is -2.13. The molecule has 1 atom stereocenters. The molecule has 0 aliphatic heterocycles. The summed E-state index contributed by atoms with van der Waals surface area (Å²) in [5.41, 5.74) is 5.42. The summed E-state index contributed by atoms with van der Waals surface area (Å²) in [6.45, 7) is 13.6. The van der Waals surface area contributed by atoms with Gasteiger partial charge in [-0.25, -0.2) is 0 Å². The van der Waals surface area contributed by atoms with Crippen LogP contribution in [0.15, 0.2) is 16.7 Å². The first-order chi connectivity index (χ1) is 9.65. The van der Waals surface area contributed by atoms with Crippen LogP contribution in [0.3, 0.4) is 0 Å². The van der Waals surface area contributed by atoms with Gasteiger partial charge in [-0.05, 0) is 42.2 Å². The van der Waals surface area contributed by atoms with E-state index in [0.29, 0.717) is 5.41 Å². The Morgan fingerprint density at radius 2 is 1.81 bits per heavy atom. The van der Waals surface area contributed by atoms with Gasteiger partial charge in [-0.3, -0.25) is 0 Å². The normalized spacial score (nSPS) is 19.2. The zero-order chi connectivity index (χ0) is 15.4. The summed E-state index contributed by atoms with van der Waals surface area (Å²) < 4.78 is 5.75. The monoisotopic (exact) mass is 285 g/mol. The van der Waals surface area contributed by atoms with Crippen molar-refractivity contribution in [3.8, 4) is 0 Å². The lowest BCUT2D eigenvalue weighted by atomic mass is 9.83. The molecule has 0 saturated heterocycles. The lowest BCUT2D eigenvalue weighted by molar-refractivity contribution is 0.300. The molecular weight excluding hydrogens is 258 g/mol. The highest BCUT2D eigenvalue weighted by atomic mass is 16.5. The Balaban J connectivity index is 1.99. The van der Waals surface area contributed by atoms with Crippen LogP contribution in [0.25, 0.3) is 11.0 Å². The minimum atomic E-state index is 0.0307. The molecule has 2 heteroatoms. The average Bonchev–Trinajstić information content (AvgIpc) is 2.86. The summed E-state index contributed by atoms with van der Waals surface area (Å²) in [6.07, 6.45) is 3.60. The standard InChI is InChI=1S/C19H27NO/c1-18(2,3)11-12-9-13-7-8-14-16(15(13)10-12)21-20-17(14)19(4,5)6/h7-8,12H,9-11H2,1-6H3/t12-/m1/s1. The van der Waals surface area contributed by atoms with Gasteiger partial charge < -0.3 is 4.52 Å². The van der Waals surface area contributed by atoms with E-state index in [0.717, 1.165) is 23.6 Å². The van der Waals surface area contributed by atoms with Crippen LogP contribution in [-0.4, -0.2) is 5.16 Å². The predicted molar refractivity (Wildman–Crippen MR) is 87.7 cm³/mol. The second kappa shape index (κ2) is 4.59. The molecule has 0 fully saturated rings. The van der Waals surface area contributed by atoms with Crippen LogP contribution in [0, 0.1) is 11.3 Å². The maximum Gasteiger partial charge on any atom is 0.170 e. The summed E-state index contributed by atoms with van der Waals surface area (Å²) in [4.78, 5) is 0.